The monoisotopic (exact) mass is 231 g/mol. The van der Waals surface area contributed by atoms with E-state index in [-0.39, 0.29) is 5.91 Å². The summed E-state index contributed by atoms with van der Waals surface area (Å²) >= 11 is 1.40. The smallest absolute Gasteiger partial charge is 0.265 e. The highest BCUT2D eigenvalue weighted by Crippen LogP contribution is 2.17. The summed E-state index contributed by atoms with van der Waals surface area (Å²) < 4.78 is 0. The minimum Gasteiger partial charge on any atom is -0.321 e. The Balaban J connectivity index is 2.09. The molecule has 0 aliphatic rings. The van der Waals surface area contributed by atoms with E-state index < -0.39 is 0 Å². The molecule has 0 atom stereocenters. The zero-order chi connectivity index (χ0) is 11.4. The summed E-state index contributed by atoms with van der Waals surface area (Å²) in [5.41, 5.74) is 8.07. The highest BCUT2D eigenvalue weighted by molar-refractivity contribution is 7.12. The van der Waals surface area contributed by atoms with E-state index >= 15 is 0 Å². The van der Waals surface area contributed by atoms with Crippen molar-refractivity contribution in [1.29, 1.82) is 5.53 Å². The van der Waals surface area contributed by atoms with Crippen LogP contribution < -0.4 is 5.32 Å². The lowest BCUT2D eigenvalue weighted by atomic mass is 10.3. The first-order valence-corrected chi connectivity index (χ1v) is 5.50. The lowest BCUT2D eigenvalue weighted by Crippen LogP contribution is -2.09. The van der Waals surface area contributed by atoms with Gasteiger partial charge in [-0.15, -0.1) is 11.3 Å². The molecule has 80 valence electrons. The van der Waals surface area contributed by atoms with Gasteiger partial charge in [0.2, 0.25) is 0 Å². The molecule has 2 N–H and O–H groups in total. The van der Waals surface area contributed by atoms with E-state index in [0.717, 1.165) is 0 Å². The number of thiophene rings is 1. The van der Waals surface area contributed by atoms with E-state index in [4.69, 9.17) is 5.53 Å². The third-order valence-electron chi connectivity index (χ3n) is 2.00. The van der Waals surface area contributed by atoms with Crippen LogP contribution in [-0.2, 0) is 0 Å². The Labute approximate surface area is 96.4 Å². The van der Waals surface area contributed by atoms with Gasteiger partial charge in [-0.05, 0) is 35.7 Å². The molecule has 0 saturated heterocycles. The van der Waals surface area contributed by atoms with Crippen LogP contribution in [0.5, 0.6) is 0 Å². The molecule has 0 aliphatic carbocycles. The maximum absolute atomic E-state index is 11.7. The number of anilines is 1. The van der Waals surface area contributed by atoms with Crippen LogP contribution in [0.2, 0.25) is 0 Å². The number of amides is 1. The normalized spacial score (nSPS) is 9.75. The SMILES string of the molecule is N=Nc1ccc(NC(=O)c2cccs2)cc1. The average molecular weight is 231 g/mol. The number of benzene rings is 1. The largest absolute Gasteiger partial charge is 0.321 e. The number of hydrogen-bond acceptors (Lipinski definition) is 4. The van der Waals surface area contributed by atoms with Crippen molar-refractivity contribution in [2.24, 2.45) is 5.11 Å². The lowest BCUT2D eigenvalue weighted by molar-refractivity contribution is 0.103. The molecule has 1 aromatic heterocycles. The minimum atomic E-state index is -0.120. The van der Waals surface area contributed by atoms with Gasteiger partial charge < -0.3 is 5.32 Å². The first-order valence-electron chi connectivity index (χ1n) is 4.62. The van der Waals surface area contributed by atoms with Gasteiger partial charge in [0.15, 0.2) is 0 Å². The van der Waals surface area contributed by atoms with Crippen LogP contribution in [0.3, 0.4) is 0 Å². The van der Waals surface area contributed by atoms with Crippen LogP contribution in [0.4, 0.5) is 11.4 Å². The Morgan fingerprint density at radius 3 is 2.56 bits per heavy atom. The van der Waals surface area contributed by atoms with Crippen LogP contribution >= 0.6 is 11.3 Å². The fraction of sp³-hybridized carbons (Fsp3) is 0. The average Bonchev–Trinajstić information content (AvgIpc) is 2.83. The number of carbonyl (C=O) groups is 1. The summed E-state index contributed by atoms with van der Waals surface area (Å²) in [7, 11) is 0. The Morgan fingerprint density at radius 1 is 1.25 bits per heavy atom. The Morgan fingerprint density at radius 2 is 2.00 bits per heavy atom. The summed E-state index contributed by atoms with van der Waals surface area (Å²) in [6, 6.07) is 10.4. The lowest BCUT2D eigenvalue weighted by Gasteiger charge is -2.02. The van der Waals surface area contributed by atoms with Crippen molar-refractivity contribution >= 4 is 28.6 Å². The number of nitrogens with zero attached hydrogens (tertiary/aromatic N) is 1. The molecule has 5 heteroatoms. The summed E-state index contributed by atoms with van der Waals surface area (Å²) in [5.74, 6) is -0.120. The van der Waals surface area contributed by atoms with Gasteiger partial charge in [0, 0.05) is 5.69 Å². The molecule has 2 aromatic rings. The topological polar surface area (TPSA) is 65.3 Å². The first kappa shape index (κ1) is 10.5. The van der Waals surface area contributed by atoms with Crippen LogP contribution in [0.15, 0.2) is 46.9 Å². The summed E-state index contributed by atoms with van der Waals surface area (Å²) in [4.78, 5) is 12.3. The molecule has 0 fully saturated rings. The second-order valence-electron chi connectivity index (χ2n) is 3.09. The molecule has 1 amide bonds. The molecule has 0 unspecified atom stereocenters. The fourth-order valence-corrected chi connectivity index (χ4v) is 1.84. The van der Waals surface area contributed by atoms with Gasteiger partial charge in [-0.3, -0.25) is 4.79 Å². The van der Waals surface area contributed by atoms with Crippen LogP contribution in [-0.4, -0.2) is 5.91 Å². The standard InChI is InChI=1S/C11H9N3OS/c12-14-9-5-3-8(4-6-9)13-11(15)10-2-1-7-16-10/h1-7,12H,(H,13,15). The number of carbonyl (C=O) groups excluding carboxylic acids is 1. The second-order valence-corrected chi connectivity index (χ2v) is 4.04. The predicted molar refractivity (Wildman–Crippen MR) is 63.5 cm³/mol. The second kappa shape index (κ2) is 4.67. The molecular weight excluding hydrogens is 222 g/mol. The summed E-state index contributed by atoms with van der Waals surface area (Å²) in [6.07, 6.45) is 0. The zero-order valence-corrected chi connectivity index (χ0v) is 9.12. The van der Waals surface area contributed by atoms with Crippen molar-refractivity contribution in [3.8, 4) is 0 Å². The molecule has 0 aliphatic heterocycles. The van der Waals surface area contributed by atoms with Crippen LogP contribution in [0, 0.1) is 5.53 Å². The van der Waals surface area contributed by atoms with E-state index in [1.807, 2.05) is 11.4 Å². The minimum absolute atomic E-state index is 0.120. The summed E-state index contributed by atoms with van der Waals surface area (Å²) in [6.45, 7) is 0. The van der Waals surface area contributed by atoms with E-state index in [1.165, 1.54) is 11.3 Å². The third-order valence-corrected chi connectivity index (χ3v) is 2.87. The maximum atomic E-state index is 11.7. The molecule has 0 bridgehead atoms. The molecule has 2 rings (SSSR count). The Bertz CT molecular complexity index is 490. The van der Waals surface area contributed by atoms with E-state index in [9.17, 15) is 4.79 Å². The highest BCUT2D eigenvalue weighted by Gasteiger charge is 2.06. The third kappa shape index (κ3) is 2.32. The van der Waals surface area contributed by atoms with Crippen molar-refractivity contribution in [2.75, 3.05) is 5.32 Å². The molecular formula is C11H9N3OS. The van der Waals surface area contributed by atoms with Crippen molar-refractivity contribution in [2.45, 2.75) is 0 Å². The van der Waals surface area contributed by atoms with Crippen molar-refractivity contribution in [3.05, 3.63) is 46.7 Å². The van der Waals surface area contributed by atoms with Gasteiger partial charge in [-0.1, -0.05) is 6.07 Å². The van der Waals surface area contributed by atoms with Crippen molar-refractivity contribution in [1.82, 2.24) is 0 Å². The van der Waals surface area contributed by atoms with E-state index in [2.05, 4.69) is 10.4 Å². The first-order chi connectivity index (χ1) is 7.79. The van der Waals surface area contributed by atoms with E-state index in [1.54, 1.807) is 30.3 Å². The number of nitrogens with one attached hydrogen (secondary N) is 2. The number of hydrogen-bond donors (Lipinski definition) is 2. The number of rotatable bonds is 3. The quantitative estimate of drug-likeness (QED) is 0.778. The van der Waals surface area contributed by atoms with Gasteiger partial charge in [-0.25, -0.2) is 5.53 Å². The van der Waals surface area contributed by atoms with Crippen molar-refractivity contribution < 1.29 is 4.79 Å². The van der Waals surface area contributed by atoms with Gasteiger partial charge in [0.1, 0.15) is 0 Å². The molecule has 4 nitrogen and oxygen atoms in total. The highest BCUT2D eigenvalue weighted by atomic mass is 32.1. The predicted octanol–water partition coefficient (Wildman–Crippen LogP) is 3.66. The Kier molecular flexibility index (Phi) is 3.07. The molecule has 0 radical (unpaired) electrons. The van der Waals surface area contributed by atoms with Crippen LogP contribution in [0.1, 0.15) is 9.67 Å². The molecule has 0 saturated carbocycles. The van der Waals surface area contributed by atoms with Gasteiger partial charge in [-0.2, -0.15) is 5.11 Å². The molecule has 16 heavy (non-hydrogen) atoms. The van der Waals surface area contributed by atoms with Gasteiger partial charge in [0.25, 0.3) is 5.91 Å². The zero-order valence-electron chi connectivity index (χ0n) is 8.31. The maximum Gasteiger partial charge on any atom is 0.265 e. The molecule has 0 spiro atoms. The van der Waals surface area contributed by atoms with Crippen molar-refractivity contribution in [3.63, 3.8) is 0 Å². The van der Waals surface area contributed by atoms with Gasteiger partial charge in [0.05, 0.1) is 10.6 Å². The fourth-order valence-electron chi connectivity index (χ4n) is 1.22. The van der Waals surface area contributed by atoms with Crippen LogP contribution in [0.25, 0.3) is 0 Å². The van der Waals surface area contributed by atoms with E-state index in [0.29, 0.717) is 16.3 Å². The molecule has 1 heterocycles. The molecule has 1 aromatic carbocycles. The summed E-state index contributed by atoms with van der Waals surface area (Å²) in [5, 5.41) is 7.90. The van der Waals surface area contributed by atoms with Gasteiger partial charge >= 0.3 is 0 Å². The Hall–Kier alpha value is -2.01.